The van der Waals surface area contributed by atoms with Crippen molar-refractivity contribution in [3.63, 3.8) is 0 Å². The van der Waals surface area contributed by atoms with Crippen molar-refractivity contribution in [1.29, 1.82) is 0 Å². The van der Waals surface area contributed by atoms with Crippen molar-refractivity contribution in [3.8, 4) is 17.2 Å². The van der Waals surface area contributed by atoms with E-state index in [2.05, 4.69) is 0 Å². The first kappa shape index (κ1) is 15.9. The molecule has 0 bridgehead atoms. The molecule has 0 spiro atoms. The SMILES string of the molecule is CC1=C(C=O)CC[C@@]2(C)C1=CC(=O)c1c(O)c3c(c(O)c12)OC[C@H]3C. The van der Waals surface area contributed by atoms with Gasteiger partial charge in [-0.05, 0) is 42.6 Å². The molecule has 2 N–H and O–H groups in total. The van der Waals surface area contributed by atoms with Gasteiger partial charge in [-0.2, -0.15) is 0 Å². The molecule has 5 nitrogen and oxygen atoms in total. The maximum atomic E-state index is 12.8. The first-order chi connectivity index (χ1) is 11.8. The van der Waals surface area contributed by atoms with E-state index in [0.717, 1.165) is 17.4 Å². The summed E-state index contributed by atoms with van der Waals surface area (Å²) in [5.41, 5.74) is 2.63. The molecule has 0 saturated heterocycles. The maximum Gasteiger partial charge on any atom is 0.190 e. The number of ether oxygens (including phenoxy) is 1. The molecule has 0 unspecified atom stereocenters. The van der Waals surface area contributed by atoms with Crippen LogP contribution in [0.25, 0.3) is 0 Å². The molecule has 0 saturated carbocycles. The molecular weight excluding hydrogens is 320 g/mol. The van der Waals surface area contributed by atoms with Gasteiger partial charge in [0.2, 0.25) is 0 Å². The van der Waals surface area contributed by atoms with Crippen LogP contribution >= 0.6 is 0 Å². The number of phenols is 2. The van der Waals surface area contributed by atoms with Gasteiger partial charge in [0.05, 0.1) is 12.2 Å². The number of carbonyl (C=O) groups is 2. The van der Waals surface area contributed by atoms with Crippen LogP contribution in [0.2, 0.25) is 0 Å². The van der Waals surface area contributed by atoms with Gasteiger partial charge >= 0.3 is 0 Å². The van der Waals surface area contributed by atoms with Crippen molar-refractivity contribution in [2.24, 2.45) is 0 Å². The molecule has 1 heterocycles. The fourth-order valence-corrected chi connectivity index (χ4v) is 4.56. The van der Waals surface area contributed by atoms with Crippen molar-refractivity contribution < 1.29 is 24.5 Å². The molecule has 2 atom stereocenters. The summed E-state index contributed by atoms with van der Waals surface area (Å²) >= 11 is 0. The Morgan fingerprint density at radius 1 is 1.32 bits per heavy atom. The first-order valence-electron chi connectivity index (χ1n) is 8.48. The van der Waals surface area contributed by atoms with Gasteiger partial charge in [-0.1, -0.05) is 13.8 Å². The predicted molar refractivity (Wildman–Crippen MR) is 91.4 cm³/mol. The van der Waals surface area contributed by atoms with Gasteiger partial charge in [-0.15, -0.1) is 0 Å². The second-order valence-electron chi connectivity index (χ2n) is 7.42. The quantitative estimate of drug-likeness (QED) is 0.605. The Bertz CT molecular complexity index is 905. The van der Waals surface area contributed by atoms with E-state index in [1.165, 1.54) is 6.08 Å². The van der Waals surface area contributed by atoms with E-state index in [1.807, 2.05) is 20.8 Å². The highest BCUT2D eigenvalue weighted by molar-refractivity contribution is 6.12. The molecule has 1 aromatic carbocycles. The Labute approximate surface area is 145 Å². The number of fused-ring (bicyclic) bond motifs is 4. The van der Waals surface area contributed by atoms with Gasteiger partial charge in [0.15, 0.2) is 17.3 Å². The number of rotatable bonds is 1. The number of hydrogen-bond acceptors (Lipinski definition) is 5. The van der Waals surface area contributed by atoms with E-state index >= 15 is 0 Å². The monoisotopic (exact) mass is 340 g/mol. The Morgan fingerprint density at radius 2 is 2.04 bits per heavy atom. The number of aromatic hydroxyl groups is 2. The first-order valence-corrected chi connectivity index (χ1v) is 8.48. The number of aldehydes is 1. The van der Waals surface area contributed by atoms with Gasteiger partial charge in [0.25, 0.3) is 0 Å². The highest BCUT2D eigenvalue weighted by Gasteiger charge is 2.47. The second kappa shape index (κ2) is 4.97. The average Bonchev–Trinajstić information content (AvgIpc) is 2.96. The Hall–Kier alpha value is -2.56. The third-order valence-corrected chi connectivity index (χ3v) is 6.00. The zero-order valence-corrected chi connectivity index (χ0v) is 14.5. The summed E-state index contributed by atoms with van der Waals surface area (Å²) in [6.07, 6.45) is 3.48. The lowest BCUT2D eigenvalue weighted by atomic mass is 9.61. The summed E-state index contributed by atoms with van der Waals surface area (Å²) in [4.78, 5) is 24.1. The Kier molecular flexibility index (Phi) is 3.17. The van der Waals surface area contributed by atoms with E-state index in [9.17, 15) is 19.8 Å². The fraction of sp³-hybridized carbons (Fsp3) is 0.400. The van der Waals surface area contributed by atoms with Gasteiger partial charge in [0, 0.05) is 22.5 Å². The fourth-order valence-electron chi connectivity index (χ4n) is 4.56. The summed E-state index contributed by atoms with van der Waals surface area (Å²) < 4.78 is 5.61. The van der Waals surface area contributed by atoms with E-state index < -0.39 is 5.41 Å². The maximum absolute atomic E-state index is 12.8. The van der Waals surface area contributed by atoms with Crippen LogP contribution in [0.15, 0.2) is 22.8 Å². The number of allylic oxidation sites excluding steroid dienone is 4. The molecule has 3 aliphatic rings. The average molecular weight is 340 g/mol. The summed E-state index contributed by atoms with van der Waals surface area (Å²) in [6.45, 7) is 6.02. The van der Waals surface area contributed by atoms with Crippen LogP contribution < -0.4 is 4.74 Å². The van der Waals surface area contributed by atoms with Crippen molar-refractivity contribution in [2.45, 2.75) is 44.9 Å². The molecule has 2 aliphatic carbocycles. The van der Waals surface area contributed by atoms with Crippen molar-refractivity contribution in [1.82, 2.24) is 0 Å². The summed E-state index contributed by atoms with van der Waals surface area (Å²) in [5.74, 6) is -0.301. The lowest BCUT2D eigenvalue weighted by Gasteiger charge is -2.41. The predicted octanol–water partition coefficient (Wildman–Crippen LogP) is 3.28. The number of benzene rings is 1. The van der Waals surface area contributed by atoms with Crippen LogP contribution in [-0.2, 0) is 10.2 Å². The second-order valence-corrected chi connectivity index (χ2v) is 7.42. The zero-order valence-electron chi connectivity index (χ0n) is 14.5. The Balaban J connectivity index is 2.07. The molecule has 0 aromatic heterocycles. The van der Waals surface area contributed by atoms with Gasteiger partial charge in [-0.25, -0.2) is 0 Å². The third-order valence-electron chi connectivity index (χ3n) is 6.00. The van der Waals surface area contributed by atoms with Crippen LogP contribution in [0.1, 0.15) is 61.0 Å². The molecule has 130 valence electrons. The highest BCUT2D eigenvalue weighted by atomic mass is 16.5. The van der Waals surface area contributed by atoms with Crippen LogP contribution in [0, 0.1) is 0 Å². The largest absolute Gasteiger partial charge is 0.507 e. The van der Waals surface area contributed by atoms with Gasteiger partial charge < -0.3 is 14.9 Å². The van der Waals surface area contributed by atoms with Gasteiger partial charge in [-0.3, -0.25) is 9.59 Å². The van der Waals surface area contributed by atoms with E-state index in [4.69, 9.17) is 4.74 Å². The molecule has 1 aliphatic heterocycles. The molecule has 0 fully saturated rings. The summed E-state index contributed by atoms with van der Waals surface area (Å²) in [6, 6.07) is 0. The molecule has 25 heavy (non-hydrogen) atoms. The standard InChI is InChI=1S/C20H20O5/c1-9-8-25-19-14(9)17(23)15-13(22)6-12-10(2)11(7-21)4-5-20(12,3)16(15)18(19)24/h6-7,9,23-24H,4-5,8H2,1-3H3/t9-,20+/m1/s1. The van der Waals surface area contributed by atoms with Gasteiger partial charge in [0.1, 0.15) is 12.0 Å². The summed E-state index contributed by atoms with van der Waals surface area (Å²) in [5, 5.41) is 21.7. The molecular formula is C20H20O5. The number of hydrogen-bond donors (Lipinski definition) is 2. The smallest absolute Gasteiger partial charge is 0.190 e. The minimum atomic E-state index is -0.647. The van der Waals surface area contributed by atoms with E-state index in [1.54, 1.807) is 0 Å². The van der Waals surface area contributed by atoms with Crippen molar-refractivity contribution >= 4 is 12.1 Å². The molecule has 0 amide bonds. The van der Waals surface area contributed by atoms with Crippen LogP contribution in [0.5, 0.6) is 17.2 Å². The Morgan fingerprint density at radius 3 is 2.72 bits per heavy atom. The normalized spacial score (nSPS) is 27.2. The molecule has 0 radical (unpaired) electrons. The molecule has 4 rings (SSSR count). The minimum absolute atomic E-state index is 0.0593. The van der Waals surface area contributed by atoms with Crippen LogP contribution in [-0.4, -0.2) is 28.9 Å². The van der Waals surface area contributed by atoms with Crippen molar-refractivity contribution in [2.75, 3.05) is 6.61 Å². The number of ketones is 1. The number of phenolic OH excluding ortho intramolecular Hbond substituents is 2. The van der Waals surface area contributed by atoms with Crippen molar-refractivity contribution in [3.05, 3.63) is 39.5 Å². The van der Waals surface area contributed by atoms with E-state index in [0.29, 0.717) is 36.1 Å². The topological polar surface area (TPSA) is 83.8 Å². The third kappa shape index (κ3) is 1.84. The minimum Gasteiger partial charge on any atom is -0.507 e. The highest BCUT2D eigenvalue weighted by Crippen LogP contribution is 2.59. The summed E-state index contributed by atoms with van der Waals surface area (Å²) in [7, 11) is 0. The lowest BCUT2D eigenvalue weighted by Crippen LogP contribution is -2.35. The lowest BCUT2D eigenvalue weighted by molar-refractivity contribution is -0.105. The van der Waals surface area contributed by atoms with Crippen LogP contribution in [0.4, 0.5) is 0 Å². The molecule has 5 heteroatoms. The molecule has 1 aromatic rings. The zero-order chi connectivity index (χ0) is 18.1. The van der Waals surface area contributed by atoms with E-state index in [-0.39, 0.29) is 34.5 Å². The van der Waals surface area contributed by atoms with Crippen LogP contribution in [0.3, 0.4) is 0 Å². The number of carbonyl (C=O) groups excluding carboxylic acids is 2.